The zero-order chi connectivity index (χ0) is 14.2. The van der Waals surface area contributed by atoms with Gasteiger partial charge in [0, 0.05) is 11.5 Å². The van der Waals surface area contributed by atoms with Crippen LogP contribution in [0.5, 0.6) is 0 Å². The third-order valence-electron chi connectivity index (χ3n) is 2.69. The molecule has 0 aliphatic carbocycles. The van der Waals surface area contributed by atoms with Crippen LogP contribution in [0.3, 0.4) is 0 Å². The number of hydrogen-bond donors (Lipinski definition) is 0. The molecule has 1 aromatic heterocycles. The number of rotatable bonds is 1. The van der Waals surface area contributed by atoms with Crippen molar-refractivity contribution in [1.82, 2.24) is 0 Å². The van der Waals surface area contributed by atoms with Crippen LogP contribution in [-0.2, 0) is 0 Å². The van der Waals surface area contributed by atoms with Crippen molar-refractivity contribution in [3.8, 4) is 0 Å². The second-order valence-corrected chi connectivity index (χ2v) is 4.20. The highest BCUT2D eigenvalue weighted by molar-refractivity contribution is 5.75. The molecule has 0 atom stereocenters. The molecule has 0 saturated heterocycles. The molecule has 0 N–H and O–H groups in total. The first-order chi connectivity index (χ1) is 9.79. The fourth-order valence-electron chi connectivity index (χ4n) is 1.77. The number of allylic oxidation sites excluding steroid dienone is 1. The molecule has 2 aromatic carbocycles. The van der Waals surface area contributed by atoms with E-state index < -0.39 is 0 Å². The maximum absolute atomic E-state index is 10.7. The summed E-state index contributed by atoms with van der Waals surface area (Å²) in [5.41, 5.74) is 1.60. The third kappa shape index (κ3) is 3.95. The van der Waals surface area contributed by atoms with Gasteiger partial charge in [0.15, 0.2) is 0 Å². The molecule has 3 aromatic rings. The fourth-order valence-corrected chi connectivity index (χ4v) is 1.77. The van der Waals surface area contributed by atoms with Crippen LogP contribution in [-0.4, -0.2) is 0 Å². The van der Waals surface area contributed by atoms with E-state index in [9.17, 15) is 4.79 Å². The maximum atomic E-state index is 10.7. The van der Waals surface area contributed by atoms with Crippen LogP contribution >= 0.6 is 0 Å². The summed E-state index contributed by atoms with van der Waals surface area (Å²) >= 11 is 0. The summed E-state index contributed by atoms with van der Waals surface area (Å²) < 4.78 is 4.91. The molecule has 20 heavy (non-hydrogen) atoms. The molecular weight excluding hydrogens is 248 g/mol. The van der Waals surface area contributed by atoms with E-state index >= 15 is 0 Å². The largest absolute Gasteiger partial charge is 0.423 e. The molecule has 3 rings (SSSR count). The Morgan fingerprint density at radius 3 is 2.30 bits per heavy atom. The molecule has 0 amide bonds. The van der Waals surface area contributed by atoms with E-state index in [1.54, 1.807) is 12.1 Å². The topological polar surface area (TPSA) is 30.2 Å². The highest BCUT2D eigenvalue weighted by atomic mass is 16.4. The van der Waals surface area contributed by atoms with Gasteiger partial charge in [0.1, 0.15) is 5.58 Å². The lowest BCUT2D eigenvalue weighted by molar-refractivity contribution is 0.561. The Kier molecular flexibility index (Phi) is 4.90. The van der Waals surface area contributed by atoms with Crippen LogP contribution in [0, 0.1) is 0 Å². The van der Waals surface area contributed by atoms with Gasteiger partial charge >= 0.3 is 5.63 Å². The Labute approximate surface area is 118 Å². The Morgan fingerprint density at radius 2 is 1.55 bits per heavy atom. The van der Waals surface area contributed by atoms with Crippen molar-refractivity contribution in [2.75, 3.05) is 0 Å². The summed E-state index contributed by atoms with van der Waals surface area (Å²) in [6.45, 7) is 2.02. The van der Waals surface area contributed by atoms with Crippen molar-refractivity contribution in [2.24, 2.45) is 0 Å². The van der Waals surface area contributed by atoms with Gasteiger partial charge in [0.05, 0.1) is 0 Å². The van der Waals surface area contributed by atoms with Crippen LogP contribution in [0.1, 0.15) is 12.5 Å². The van der Waals surface area contributed by atoms with Gasteiger partial charge in [0.25, 0.3) is 0 Å². The van der Waals surface area contributed by atoms with E-state index in [-0.39, 0.29) is 5.63 Å². The smallest absolute Gasteiger partial charge is 0.336 e. The van der Waals surface area contributed by atoms with Gasteiger partial charge in [0.2, 0.25) is 0 Å². The van der Waals surface area contributed by atoms with Crippen molar-refractivity contribution in [3.05, 3.63) is 88.8 Å². The second kappa shape index (κ2) is 7.10. The average molecular weight is 264 g/mol. The van der Waals surface area contributed by atoms with Gasteiger partial charge in [-0.2, -0.15) is 0 Å². The highest BCUT2D eigenvalue weighted by Crippen LogP contribution is 2.08. The predicted molar refractivity (Wildman–Crippen MR) is 83.6 cm³/mol. The van der Waals surface area contributed by atoms with E-state index in [0.717, 1.165) is 5.39 Å². The van der Waals surface area contributed by atoms with Crippen LogP contribution < -0.4 is 5.63 Å². The predicted octanol–water partition coefficient (Wildman–Crippen LogP) is 4.51. The second-order valence-electron chi connectivity index (χ2n) is 4.20. The molecule has 0 radical (unpaired) electrons. The zero-order valence-corrected chi connectivity index (χ0v) is 11.3. The van der Waals surface area contributed by atoms with Gasteiger partial charge in [-0.05, 0) is 24.6 Å². The minimum absolute atomic E-state index is 0.302. The van der Waals surface area contributed by atoms with Crippen molar-refractivity contribution >= 4 is 17.0 Å². The zero-order valence-electron chi connectivity index (χ0n) is 11.3. The normalized spacial score (nSPS) is 10.2. The summed E-state index contributed by atoms with van der Waals surface area (Å²) in [4.78, 5) is 10.7. The molecule has 0 bridgehead atoms. The minimum atomic E-state index is -0.302. The Hall–Kier alpha value is -2.61. The Morgan fingerprint density at radius 1 is 0.850 bits per heavy atom. The van der Waals surface area contributed by atoms with Crippen molar-refractivity contribution in [2.45, 2.75) is 6.92 Å². The minimum Gasteiger partial charge on any atom is -0.423 e. The maximum Gasteiger partial charge on any atom is 0.336 e. The lowest BCUT2D eigenvalue weighted by Crippen LogP contribution is -1.93. The summed E-state index contributed by atoms with van der Waals surface area (Å²) in [6, 6.07) is 20.9. The lowest BCUT2D eigenvalue weighted by Gasteiger charge is -1.91. The molecule has 100 valence electrons. The van der Waals surface area contributed by atoms with Crippen LogP contribution in [0.15, 0.2) is 82.0 Å². The van der Waals surface area contributed by atoms with E-state index in [1.165, 1.54) is 11.6 Å². The van der Waals surface area contributed by atoms with E-state index in [0.29, 0.717) is 5.58 Å². The molecule has 0 saturated carbocycles. The van der Waals surface area contributed by atoms with Crippen molar-refractivity contribution in [1.29, 1.82) is 0 Å². The number of para-hydroxylation sites is 1. The third-order valence-corrected chi connectivity index (χ3v) is 2.69. The van der Waals surface area contributed by atoms with E-state index in [4.69, 9.17) is 4.42 Å². The number of fused-ring (bicyclic) bond motifs is 1. The van der Waals surface area contributed by atoms with Gasteiger partial charge in [-0.15, -0.1) is 0 Å². The first-order valence-electron chi connectivity index (χ1n) is 6.46. The van der Waals surface area contributed by atoms with Crippen LogP contribution in [0.25, 0.3) is 17.0 Å². The Balaban J connectivity index is 0.000000151. The van der Waals surface area contributed by atoms with Gasteiger partial charge < -0.3 is 4.42 Å². The van der Waals surface area contributed by atoms with Gasteiger partial charge in [-0.1, -0.05) is 60.7 Å². The van der Waals surface area contributed by atoms with Crippen molar-refractivity contribution < 1.29 is 4.42 Å². The van der Waals surface area contributed by atoms with E-state index in [2.05, 4.69) is 18.2 Å². The highest BCUT2D eigenvalue weighted by Gasteiger charge is 1.92. The molecule has 1 heterocycles. The number of benzene rings is 2. The monoisotopic (exact) mass is 264 g/mol. The molecule has 0 aliphatic rings. The molecule has 0 fully saturated rings. The summed E-state index contributed by atoms with van der Waals surface area (Å²) in [5, 5.41) is 0.951. The van der Waals surface area contributed by atoms with Crippen LogP contribution in [0.2, 0.25) is 0 Å². The Bertz CT molecular complexity index is 740. The van der Waals surface area contributed by atoms with Crippen molar-refractivity contribution in [3.63, 3.8) is 0 Å². The summed E-state index contributed by atoms with van der Waals surface area (Å²) in [6.07, 6.45) is 4.12. The summed E-state index contributed by atoms with van der Waals surface area (Å²) in [7, 11) is 0. The summed E-state index contributed by atoms with van der Waals surface area (Å²) in [5.74, 6) is 0. The lowest BCUT2D eigenvalue weighted by atomic mass is 10.2. The molecule has 0 spiro atoms. The van der Waals surface area contributed by atoms with Gasteiger partial charge in [-0.3, -0.25) is 0 Å². The standard InChI is InChI=1S/C9H6O2.C9H10/c10-9-6-5-7-3-1-2-4-8(7)11-9;1-2-6-9-7-4-3-5-8-9/h1-6H;2-8H,1H3/b;6-2-. The first kappa shape index (κ1) is 13.8. The van der Waals surface area contributed by atoms with Crippen LogP contribution in [0.4, 0.5) is 0 Å². The fraction of sp³-hybridized carbons (Fsp3) is 0.0556. The number of hydrogen-bond acceptors (Lipinski definition) is 2. The molecule has 2 heteroatoms. The molecule has 0 aliphatic heterocycles. The quantitative estimate of drug-likeness (QED) is 0.605. The molecule has 2 nitrogen and oxygen atoms in total. The first-order valence-corrected chi connectivity index (χ1v) is 6.46. The molecule has 0 unspecified atom stereocenters. The average Bonchev–Trinajstić information content (AvgIpc) is 2.49. The molecular formula is C18H16O2. The SMILES string of the molecule is C/C=C\c1ccccc1.O=c1ccc2ccccc2o1. The van der Waals surface area contributed by atoms with E-state index in [1.807, 2.05) is 49.4 Å². The van der Waals surface area contributed by atoms with Gasteiger partial charge in [-0.25, -0.2) is 4.79 Å².